The predicted molar refractivity (Wildman–Crippen MR) is 93.6 cm³/mol. The van der Waals surface area contributed by atoms with Crippen molar-refractivity contribution in [3.63, 3.8) is 0 Å². The van der Waals surface area contributed by atoms with Crippen molar-refractivity contribution in [1.29, 1.82) is 0 Å². The van der Waals surface area contributed by atoms with Gasteiger partial charge in [-0.1, -0.05) is 17.6 Å². The summed E-state index contributed by atoms with van der Waals surface area (Å²) in [5, 5.41) is 0.802. The Labute approximate surface area is 138 Å². The van der Waals surface area contributed by atoms with Crippen LogP contribution in [0.2, 0.25) is 0 Å². The number of pyridine rings is 2. The van der Waals surface area contributed by atoms with Gasteiger partial charge in [-0.15, -0.1) is 0 Å². The number of rotatable bonds is 2. The number of ether oxygens (including phenoxy) is 1. The van der Waals surface area contributed by atoms with E-state index in [0.717, 1.165) is 16.4 Å². The summed E-state index contributed by atoms with van der Waals surface area (Å²) in [4.78, 5) is 21.5. The highest BCUT2D eigenvalue weighted by molar-refractivity contribution is 6.33. The van der Waals surface area contributed by atoms with E-state index in [1.807, 2.05) is 12.1 Å². The van der Waals surface area contributed by atoms with Crippen LogP contribution < -0.4 is 15.9 Å². The molecule has 0 spiro atoms. The van der Waals surface area contributed by atoms with Gasteiger partial charge in [-0.05, 0) is 18.2 Å². The Kier molecular flexibility index (Phi) is 3.16. The van der Waals surface area contributed by atoms with Crippen LogP contribution in [0, 0.1) is 0 Å². The fourth-order valence-corrected chi connectivity index (χ4v) is 2.95. The van der Waals surface area contributed by atoms with Crippen LogP contribution in [-0.4, -0.2) is 34.1 Å². The van der Waals surface area contributed by atoms with Crippen molar-refractivity contribution in [3.05, 3.63) is 53.2 Å². The van der Waals surface area contributed by atoms with Crippen LogP contribution in [0.25, 0.3) is 27.6 Å². The van der Waals surface area contributed by atoms with E-state index in [9.17, 15) is 4.79 Å². The van der Waals surface area contributed by atoms with E-state index in [2.05, 4.69) is 9.97 Å². The smallest absolute Gasteiger partial charge is 0.333 e. The second-order valence-corrected chi connectivity index (χ2v) is 5.48. The van der Waals surface area contributed by atoms with Crippen LogP contribution in [-0.2, 0) is 7.05 Å². The molecule has 0 aliphatic heterocycles. The van der Waals surface area contributed by atoms with Crippen molar-refractivity contribution < 1.29 is 4.74 Å². The molecule has 0 saturated heterocycles. The Hall–Kier alpha value is -3.09. The highest BCUT2D eigenvalue weighted by Crippen LogP contribution is 2.27. The summed E-state index contributed by atoms with van der Waals surface area (Å²) in [7, 11) is 9.19. The molecule has 0 amide bonds. The molecule has 7 heteroatoms. The van der Waals surface area contributed by atoms with Gasteiger partial charge in [0.2, 0.25) is 5.88 Å². The molecule has 116 valence electrons. The van der Waals surface area contributed by atoms with Gasteiger partial charge >= 0.3 is 5.69 Å². The lowest BCUT2D eigenvalue weighted by Crippen LogP contribution is -2.21. The first-order valence-electron chi connectivity index (χ1n) is 7.37. The maximum absolute atomic E-state index is 12.9. The van der Waals surface area contributed by atoms with Crippen LogP contribution in [0.15, 0.2) is 47.5 Å². The van der Waals surface area contributed by atoms with Gasteiger partial charge in [0, 0.05) is 18.6 Å². The molecule has 4 aromatic rings. The van der Waals surface area contributed by atoms with Crippen molar-refractivity contribution in [1.82, 2.24) is 19.1 Å². The molecule has 3 heterocycles. The number of benzene rings is 1. The first kappa shape index (κ1) is 14.5. The van der Waals surface area contributed by atoms with Gasteiger partial charge in [-0.3, -0.25) is 14.1 Å². The third-order valence-electron chi connectivity index (χ3n) is 4.09. The molecule has 2 radical (unpaired) electrons. The molecule has 0 N–H and O–H groups in total. The molecule has 0 fully saturated rings. The zero-order valence-electron chi connectivity index (χ0n) is 13.2. The summed E-state index contributed by atoms with van der Waals surface area (Å²) in [5.74, 6) is 0.376. The van der Waals surface area contributed by atoms with Crippen LogP contribution in [0.5, 0.6) is 5.88 Å². The highest BCUT2D eigenvalue weighted by Gasteiger charge is 2.18. The summed E-state index contributed by atoms with van der Waals surface area (Å²) >= 11 is 0. The third-order valence-corrected chi connectivity index (χ3v) is 4.09. The van der Waals surface area contributed by atoms with E-state index in [4.69, 9.17) is 12.6 Å². The summed E-state index contributed by atoms with van der Waals surface area (Å²) in [6.07, 6.45) is 3.31. The molecular weight excluding hydrogens is 303 g/mol. The molecule has 0 aliphatic carbocycles. The SMILES string of the molecule is [B]c1ccc2ncc3c(c2c1)n(-c1cccnc1OC)c(=O)n3C. The monoisotopic (exact) mass is 316 g/mol. The minimum atomic E-state index is -0.201. The molecule has 1 aromatic carbocycles. The number of fused-ring (bicyclic) bond motifs is 3. The van der Waals surface area contributed by atoms with Gasteiger partial charge in [0.25, 0.3) is 0 Å². The fraction of sp³-hybridized carbons (Fsp3) is 0.118. The normalized spacial score (nSPS) is 11.2. The van der Waals surface area contributed by atoms with Crippen LogP contribution in [0.3, 0.4) is 0 Å². The number of hydrogen-bond acceptors (Lipinski definition) is 4. The topological polar surface area (TPSA) is 61.9 Å². The molecule has 0 aliphatic rings. The summed E-state index contributed by atoms with van der Waals surface area (Å²) in [5.41, 5.74) is 3.19. The zero-order chi connectivity index (χ0) is 16.8. The molecule has 0 saturated carbocycles. The fourth-order valence-electron chi connectivity index (χ4n) is 2.95. The molecule has 3 aromatic heterocycles. The lowest BCUT2D eigenvalue weighted by Gasteiger charge is -2.09. The van der Waals surface area contributed by atoms with Gasteiger partial charge in [0.05, 0.1) is 29.9 Å². The maximum atomic E-state index is 12.9. The van der Waals surface area contributed by atoms with Gasteiger partial charge in [-0.25, -0.2) is 9.78 Å². The lowest BCUT2D eigenvalue weighted by atomic mass is 9.94. The Bertz CT molecular complexity index is 1150. The zero-order valence-corrected chi connectivity index (χ0v) is 13.2. The highest BCUT2D eigenvalue weighted by atomic mass is 16.5. The number of hydrogen-bond donors (Lipinski definition) is 0. The van der Waals surface area contributed by atoms with Crippen molar-refractivity contribution in [2.24, 2.45) is 7.05 Å². The van der Waals surface area contributed by atoms with E-state index in [1.165, 1.54) is 7.11 Å². The molecule has 0 atom stereocenters. The number of aryl methyl sites for hydroxylation is 1. The minimum absolute atomic E-state index is 0.201. The summed E-state index contributed by atoms with van der Waals surface area (Å²) in [6, 6.07) is 9.01. The third kappa shape index (κ3) is 1.94. The van der Waals surface area contributed by atoms with E-state index in [0.29, 0.717) is 22.5 Å². The molecule has 6 nitrogen and oxygen atoms in total. The Morgan fingerprint density at radius 2 is 2.04 bits per heavy atom. The molecule has 4 rings (SSSR count). The average Bonchev–Trinajstić information content (AvgIpc) is 2.86. The minimum Gasteiger partial charge on any atom is -0.479 e. The van der Waals surface area contributed by atoms with Gasteiger partial charge < -0.3 is 4.74 Å². The lowest BCUT2D eigenvalue weighted by molar-refractivity contribution is 0.396. The van der Waals surface area contributed by atoms with E-state index < -0.39 is 0 Å². The van der Waals surface area contributed by atoms with Crippen LogP contribution in [0.4, 0.5) is 0 Å². The first-order valence-corrected chi connectivity index (χ1v) is 7.37. The van der Waals surface area contributed by atoms with Crippen molar-refractivity contribution in [3.8, 4) is 11.6 Å². The van der Waals surface area contributed by atoms with Crippen LogP contribution in [0.1, 0.15) is 0 Å². The van der Waals surface area contributed by atoms with Crippen molar-refractivity contribution in [2.45, 2.75) is 0 Å². The van der Waals surface area contributed by atoms with E-state index in [1.54, 1.807) is 46.8 Å². The number of imidazole rings is 1. The number of methoxy groups -OCH3 is 1. The van der Waals surface area contributed by atoms with E-state index in [-0.39, 0.29) is 5.69 Å². The molecule has 0 unspecified atom stereocenters. The van der Waals surface area contributed by atoms with Gasteiger partial charge in [0.1, 0.15) is 13.5 Å². The Morgan fingerprint density at radius 3 is 2.83 bits per heavy atom. The largest absolute Gasteiger partial charge is 0.479 e. The molecule has 0 bridgehead atoms. The average molecular weight is 316 g/mol. The second-order valence-electron chi connectivity index (χ2n) is 5.48. The molecular formula is C17H13BN4O2. The van der Waals surface area contributed by atoms with Gasteiger partial charge in [0.15, 0.2) is 0 Å². The maximum Gasteiger partial charge on any atom is 0.333 e. The molecule has 24 heavy (non-hydrogen) atoms. The second kappa shape index (κ2) is 5.23. The van der Waals surface area contributed by atoms with E-state index >= 15 is 0 Å². The quantitative estimate of drug-likeness (QED) is 0.519. The standard InChI is InChI=1S/C17H13BN4O2/c1-21-14-9-20-12-6-5-10(18)8-11(12)15(14)22(17(21)23)13-4-3-7-19-16(13)24-2/h3-9H,1-2H3. The summed E-state index contributed by atoms with van der Waals surface area (Å²) < 4.78 is 8.47. The Morgan fingerprint density at radius 1 is 1.21 bits per heavy atom. The van der Waals surface area contributed by atoms with Gasteiger partial charge in [-0.2, -0.15) is 0 Å². The summed E-state index contributed by atoms with van der Waals surface area (Å²) in [6.45, 7) is 0. The van der Waals surface area contributed by atoms with Crippen molar-refractivity contribution in [2.75, 3.05) is 7.11 Å². The van der Waals surface area contributed by atoms with Crippen molar-refractivity contribution >= 4 is 35.2 Å². The predicted octanol–water partition coefficient (Wildman–Crippen LogP) is 1.07. The number of nitrogens with zero attached hydrogens (tertiary/aromatic N) is 4. The Balaban J connectivity index is 2.25. The first-order chi connectivity index (χ1) is 11.6. The van der Waals surface area contributed by atoms with Crippen LogP contribution >= 0.6 is 0 Å². The number of aromatic nitrogens is 4.